The van der Waals surface area contributed by atoms with Gasteiger partial charge in [0.05, 0.1) is 12.3 Å². The molecule has 2 aliphatic rings. The van der Waals surface area contributed by atoms with Crippen molar-refractivity contribution >= 4 is 0 Å². The maximum Gasteiger partial charge on any atom is 0.449 e. The zero-order chi connectivity index (χ0) is 15.0. The van der Waals surface area contributed by atoms with E-state index in [1.807, 2.05) is 0 Å². The SMILES string of the molecule is OC[C@H]1CCCN1Cc1nc(C(F)(F)F)n2c1CCCC2. The second kappa shape index (κ2) is 5.61. The number of alkyl halides is 3. The van der Waals surface area contributed by atoms with Crippen LogP contribution in [0.3, 0.4) is 0 Å². The number of hydrogen-bond acceptors (Lipinski definition) is 3. The van der Waals surface area contributed by atoms with Gasteiger partial charge in [-0.3, -0.25) is 4.90 Å². The van der Waals surface area contributed by atoms with Crippen LogP contribution in [-0.4, -0.2) is 38.8 Å². The van der Waals surface area contributed by atoms with E-state index in [1.165, 1.54) is 4.57 Å². The summed E-state index contributed by atoms with van der Waals surface area (Å²) in [6.45, 7) is 1.69. The molecule has 1 saturated heterocycles. The molecule has 7 heteroatoms. The summed E-state index contributed by atoms with van der Waals surface area (Å²) in [7, 11) is 0. The Morgan fingerprint density at radius 3 is 2.71 bits per heavy atom. The summed E-state index contributed by atoms with van der Waals surface area (Å²) in [5.74, 6) is -0.757. The van der Waals surface area contributed by atoms with Crippen LogP contribution in [0.5, 0.6) is 0 Å². The molecule has 1 aromatic heterocycles. The van der Waals surface area contributed by atoms with Crippen molar-refractivity contribution < 1.29 is 18.3 Å². The Labute approximate surface area is 121 Å². The number of aliphatic hydroxyl groups is 1. The van der Waals surface area contributed by atoms with Crippen LogP contribution in [-0.2, 0) is 25.7 Å². The number of aromatic nitrogens is 2. The molecule has 0 radical (unpaired) electrons. The van der Waals surface area contributed by atoms with Crippen molar-refractivity contribution in [3.05, 3.63) is 17.2 Å². The molecule has 1 aromatic rings. The van der Waals surface area contributed by atoms with Gasteiger partial charge in [-0.1, -0.05) is 0 Å². The maximum atomic E-state index is 13.1. The summed E-state index contributed by atoms with van der Waals surface area (Å²) in [6, 6.07) is 0.0558. The Morgan fingerprint density at radius 1 is 1.19 bits per heavy atom. The molecule has 4 nitrogen and oxygen atoms in total. The number of nitrogens with zero attached hydrogens (tertiary/aromatic N) is 3. The van der Waals surface area contributed by atoms with Crippen molar-refractivity contribution in [1.29, 1.82) is 0 Å². The van der Waals surface area contributed by atoms with E-state index in [4.69, 9.17) is 0 Å². The molecule has 1 fully saturated rings. The predicted molar refractivity (Wildman–Crippen MR) is 70.7 cm³/mol. The first kappa shape index (κ1) is 14.8. The van der Waals surface area contributed by atoms with Crippen LogP contribution in [0.25, 0.3) is 0 Å². The lowest BCUT2D eigenvalue weighted by Crippen LogP contribution is -2.32. The quantitative estimate of drug-likeness (QED) is 0.930. The van der Waals surface area contributed by atoms with Crippen molar-refractivity contribution in [2.45, 2.75) is 57.4 Å². The highest BCUT2D eigenvalue weighted by Gasteiger charge is 2.39. The van der Waals surface area contributed by atoms with Crippen LogP contribution in [0.1, 0.15) is 42.9 Å². The third-order valence-corrected chi connectivity index (χ3v) is 4.52. The molecule has 0 aliphatic carbocycles. The van der Waals surface area contributed by atoms with Gasteiger partial charge in [0.25, 0.3) is 0 Å². The molecule has 0 saturated carbocycles. The lowest BCUT2D eigenvalue weighted by molar-refractivity contribution is -0.147. The average molecular weight is 303 g/mol. The third kappa shape index (κ3) is 2.81. The van der Waals surface area contributed by atoms with Crippen LogP contribution in [0.4, 0.5) is 13.2 Å². The smallest absolute Gasteiger partial charge is 0.395 e. The minimum atomic E-state index is -4.40. The number of hydrogen-bond donors (Lipinski definition) is 1. The van der Waals surface area contributed by atoms with Crippen LogP contribution in [0.2, 0.25) is 0 Å². The summed E-state index contributed by atoms with van der Waals surface area (Å²) in [5, 5.41) is 9.34. The molecule has 1 atom stereocenters. The third-order valence-electron chi connectivity index (χ3n) is 4.52. The molecule has 1 N–H and O–H groups in total. The van der Waals surface area contributed by atoms with E-state index in [-0.39, 0.29) is 12.6 Å². The summed E-state index contributed by atoms with van der Waals surface area (Å²) < 4.78 is 40.7. The average Bonchev–Trinajstić information content (AvgIpc) is 3.03. The van der Waals surface area contributed by atoms with E-state index < -0.39 is 12.0 Å². The number of halogens is 3. The number of imidazole rings is 1. The zero-order valence-corrected chi connectivity index (χ0v) is 11.9. The Hall–Kier alpha value is -1.08. The number of fused-ring (bicyclic) bond motifs is 1. The highest BCUT2D eigenvalue weighted by Crippen LogP contribution is 2.33. The Morgan fingerprint density at radius 2 is 2.00 bits per heavy atom. The number of rotatable bonds is 3. The van der Waals surface area contributed by atoms with Gasteiger partial charge in [0.1, 0.15) is 0 Å². The lowest BCUT2D eigenvalue weighted by Gasteiger charge is -2.23. The first-order valence-electron chi connectivity index (χ1n) is 7.51. The molecule has 118 valence electrons. The standard InChI is InChI=1S/C14H20F3N3O/c15-14(16,17)13-18-11(12-5-1-2-7-20(12)13)8-19-6-3-4-10(19)9-21/h10,21H,1-9H2/t10-/m1/s1. The highest BCUT2D eigenvalue weighted by atomic mass is 19.4. The van der Waals surface area contributed by atoms with Gasteiger partial charge < -0.3 is 9.67 Å². The van der Waals surface area contributed by atoms with E-state index in [1.54, 1.807) is 0 Å². The molecule has 0 bridgehead atoms. The summed E-state index contributed by atoms with van der Waals surface area (Å²) in [4.78, 5) is 5.96. The molecule has 0 aromatic carbocycles. The Balaban J connectivity index is 1.90. The van der Waals surface area contributed by atoms with Crippen molar-refractivity contribution in [1.82, 2.24) is 14.5 Å². The van der Waals surface area contributed by atoms with E-state index >= 15 is 0 Å². The van der Waals surface area contributed by atoms with Gasteiger partial charge in [-0.05, 0) is 38.6 Å². The molecule has 3 heterocycles. The fourth-order valence-corrected chi connectivity index (χ4v) is 3.46. The topological polar surface area (TPSA) is 41.3 Å². The van der Waals surface area contributed by atoms with Crippen molar-refractivity contribution in [2.24, 2.45) is 0 Å². The van der Waals surface area contributed by atoms with E-state index in [2.05, 4.69) is 9.88 Å². The van der Waals surface area contributed by atoms with Crippen molar-refractivity contribution in [3.63, 3.8) is 0 Å². The fraction of sp³-hybridized carbons (Fsp3) is 0.786. The largest absolute Gasteiger partial charge is 0.449 e. The summed E-state index contributed by atoms with van der Waals surface area (Å²) >= 11 is 0. The van der Waals surface area contributed by atoms with E-state index in [0.29, 0.717) is 25.2 Å². The fourth-order valence-electron chi connectivity index (χ4n) is 3.46. The van der Waals surface area contributed by atoms with Gasteiger partial charge in [0, 0.05) is 24.8 Å². The minimum Gasteiger partial charge on any atom is -0.395 e. The van der Waals surface area contributed by atoms with E-state index in [9.17, 15) is 18.3 Å². The summed E-state index contributed by atoms with van der Waals surface area (Å²) in [5.41, 5.74) is 1.28. The van der Waals surface area contributed by atoms with Gasteiger partial charge in [-0.2, -0.15) is 13.2 Å². The zero-order valence-electron chi connectivity index (χ0n) is 11.9. The van der Waals surface area contributed by atoms with Crippen LogP contribution < -0.4 is 0 Å². The lowest BCUT2D eigenvalue weighted by atomic mass is 10.1. The molecule has 0 unspecified atom stereocenters. The van der Waals surface area contributed by atoms with Gasteiger partial charge in [-0.25, -0.2) is 4.98 Å². The Bertz CT molecular complexity index is 512. The molecule has 2 aliphatic heterocycles. The van der Waals surface area contributed by atoms with Gasteiger partial charge in [0.2, 0.25) is 5.82 Å². The van der Waals surface area contributed by atoms with Crippen LogP contribution in [0.15, 0.2) is 0 Å². The molecule has 0 amide bonds. The second-order valence-corrected chi connectivity index (χ2v) is 5.88. The van der Waals surface area contributed by atoms with E-state index in [0.717, 1.165) is 37.9 Å². The maximum absolute atomic E-state index is 13.1. The van der Waals surface area contributed by atoms with Gasteiger partial charge in [-0.15, -0.1) is 0 Å². The summed E-state index contributed by atoms with van der Waals surface area (Å²) in [6.07, 6.45) is -0.165. The first-order valence-corrected chi connectivity index (χ1v) is 7.51. The number of aliphatic hydroxyl groups excluding tert-OH is 1. The second-order valence-electron chi connectivity index (χ2n) is 5.88. The monoisotopic (exact) mass is 303 g/mol. The van der Waals surface area contributed by atoms with Gasteiger partial charge in [0.15, 0.2) is 0 Å². The normalized spacial score (nSPS) is 23.5. The molecular formula is C14H20F3N3O. The van der Waals surface area contributed by atoms with Crippen LogP contribution >= 0.6 is 0 Å². The highest BCUT2D eigenvalue weighted by molar-refractivity contribution is 5.21. The molecule has 21 heavy (non-hydrogen) atoms. The molecule has 3 rings (SSSR count). The first-order chi connectivity index (χ1) is 10.0. The molecule has 0 spiro atoms. The minimum absolute atomic E-state index is 0.0558. The molecular weight excluding hydrogens is 283 g/mol. The Kier molecular flexibility index (Phi) is 3.96. The predicted octanol–water partition coefficient (Wildman–Crippen LogP) is 2.19. The van der Waals surface area contributed by atoms with Gasteiger partial charge >= 0.3 is 6.18 Å². The van der Waals surface area contributed by atoms with Crippen molar-refractivity contribution in [3.8, 4) is 0 Å². The number of likely N-dealkylation sites (tertiary alicyclic amines) is 1. The van der Waals surface area contributed by atoms with Crippen molar-refractivity contribution in [2.75, 3.05) is 13.2 Å². The van der Waals surface area contributed by atoms with Crippen LogP contribution in [0, 0.1) is 0 Å².